The molecule has 5 atom stereocenters. The molecule has 0 unspecified atom stereocenters. The molecule has 2 heterocycles. The Kier molecular flexibility index (Phi) is 5.41. The molecule has 0 aromatic heterocycles. The number of ether oxygens (including phenoxy) is 3. The molecule has 0 aromatic carbocycles. The summed E-state index contributed by atoms with van der Waals surface area (Å²) in [6, 6.07) is 2.11. The summed E-state index contributed by atoms with van der Waals surface area (Å²) in [5.74, 6) is 1.81. The lowest BCUT2D eigenvalue weighted by molar-refractivity contribution is -0.157. The molecule has 2 rings (SSSR count). The minimum absolute atomic E-state index is 0.144. The fraction of sp³-hybridized carbons (Fsp3) is 0.611. The molecule has 2 aliphatic rings. The van der Waals surface area contributed by atoms with E-state index in [4.69, 9.17) is 9.47 Å². The standard InChI is InChI=1S/C18H23NO5Si/c1-12(20)24-18(11-19)10-15-13(8-9-25(3,4)5)14(17(18)23-15)6-7-16(21)22-2/h6-7,13-15,17H,10H2,1-5H3/b7-6+/t13-,14+,15+,17+,18-/m0/s1. The van der Waals surface area contributed by atoms with Gasteiger partial charge in [0.2, 0.25) is 5.60 Å². The van der Waals surface area contributed by atoms with Crippen LogP contribution in [0, 0.1) is 34.6 Å². The van der Waals surface area contributed by atoms with Crippen molar-refractivity contribution in [2.75, 3.05) is 7.11 Å². The van der Waals surface area contributed by atoms with Crippen molar-refractivity contribution in [2.24, 2.45) is 11.8 Å². The van der Waals surface area contributed by atoms with E-state index in [2.05, 4.69) is 41.9 Å². The molecule has 0 spiro atoms. The number of nitriles is 1. The van der Waals surface area contributed by atoms with Crippen LogP contribution in [0.25, 0.3) is 0 Å². The van der Waals surface area contributed by atoms with Crippen LogP contribution in [-0.4, -0.2) is 44.9 Å². The first-order valence-corrected chi connectivity index (χ1v) is 11.7. The summed E-state index contributed by atoms with van der Waals surface area (Å²) < 4.78 is 15.9. The predicted molar refractivity (Wildman–Crippen MR) is 92.6 cm³/mol. The normalized spacial score (nSPS) is 33.4. The minimum Gasteiger partial charge on any atom is -0.466 e. The van der Waals surface area contributed by atoms with Gasteiger partial charge in [-0.3, -0.25) is 4.79 Å². The van der Waals surface area contributed by atoms with E-state index in [9.17, 15) is 14.9 Å². The lowest BCUT2D eigenvalue weighted by Gasteiger charge is -2.34. The number of nitrogens with zero attached hydrogens (tertiary/aromatic N) is 1. The van der Waals surface area contributed by atoms with Crippen LogP contribution in [0.3, 0.4) is 0 Å². The van der Waals surface area contributed by atoms with E-state index in [1.54, 1.807) is 6.08 Å². The Bertz CT molecular complexity index is 693. The fourth-order valence-electron chi connectivity index (χ4n) is 3.27. The summed E-state index contributed by atoms with van der Waals surface area (Å²) in [5.41, 5.74) is 2.00. The zero-order valence-corrected chi connectivity index (χ0v) is 16.2. The van der Waals surface area contributed by atoms with E-state index in [1.807, 2.05) is 0 Å². The summed E-state index contributed by atoms with van der Waals surface area (Å²) in [5, 5.41) is 9.62. The quantitative estimate of drug-likeness (QED) is 0.330. The maximum atomic E-state index is 11.5. The maximum absolute atomic E-state index is 11.5. The smallest absolute Gasteiger partial charge is 0.330 e. The lowest BCUT2D eigenvalue weighted by atomic mass is 9.72. The molecule has 2 aliphatic heterocycles. The van der Waals surface area contributed by atoms with Gasteiger partial charge in [0.15, 0.2) is 0 Å². The number of carbonyl (C=O) groups is 2. The van der Waals surface area contributed by atoms with E-state index in [0.717, 1.165) is 0 Å². The van der Waals surface area contributed by atoms with Gasteiger partial charge in [0, 0.05) is 25.3 Å². The van der Waals surface area contributed by atoms with Gasteiger partial charge in [0.05, 0.1) is 19.1 Å². The Morgan fingerprint density at radius 2 is 2.04 bits per heavy atom. The number of methoxy groups -OCH3 is 1. The molecule has 2 bridgehead atoms. The zero-order chi connectivity index (χ0) is 18.8. The topological polar surface area (TPSA) is 85.6 Å². The van der Waals surface area contributed by atoms with Crippen LogP contribution in [0.2, 0.25) is 19.6 Å². The monoisotopic (exact) mass is 361 g/mol. The highest BCUT2D eigenvalue weighted by Gasteiger charge is 2.63. The van der Waals surface area contributed by atoms with Crippen LogP contribution >= 0.6 is 0 Å². The lowest BCUT2D eigenvalue weighted by Crippen LogP contribution is -2.48. The molecule has 25 heavy (non-hydrogen) atoms. The number of carbonyl (C=O) groups excluding carboxylic acids is 2. The second-order valence-electron chi connectivity index (χ2n) is 7.40. The van der Waals surface area contributed by atoms with Crippen LogP contribution in [0.4, 0.5) is 0 Å². The first-order chi connectivity index (χ1) is 11.6. The van der Waals surface area contributed by atoms with Crippen molar-refractivity contribution < 1.29 is 23.8 Å². The molecule has 2 saturated heterocycles. The van der Waals surface area contributed by atoms with Gasteiger partial charge in [-0.05, 0) is 0 Å². The van der Waals surface area contributed by atoms with Crippen molar-refractivity contribution >= 4 is 20.0 Å². The molecule has 0 aliphatic carbocycles. The minimum atomic E-state index is -1.59. The third-order valence-corrected chi connectivity index (χ3v) is 5.13. The van der Waals surface area contributed by atoms with E-state index in [1.165, 1.54) is 20.1 Å². The second-order valence-corrected chi connectivity index (χ2v) is 12.1. The van der Waals surface area contributed by atoms with Gasteiger partial charge in [-0.25, -0.2) is 4.79 Å². The summed E-state index contributed by atoms with van der Waals surface area (Å²) in [6.45, 7) is 7.70. The van der Waals surface area contributed by atoms with Gasteiger partial charge in [-0.15, -0.1) is 11.5 Å². The molecule has 134 valence electrons. The molecule has 2 fully saturated rings. The SMILES string of the molecule is COC(=O)/C=C/[C@@H]1[C@H](C#C[Si](C)(C)C)[C@H]2C[C@@](C#N)(OC(C)=O)[C@@H]1O2. The Morgan fingerprint density at radius 1 is 1.36 bits per heavy atom. The van der Waals surface area contributed by atoms with E-state index >= 15 is 0 Å². The van der Waals surface area contributed by atoms with Gasteiger partial charge in [-0.1, -0.05) is 25.7 Å². The largest absolute Gasteiger partial charge is 0.466 e. The molecular formula is C18H23NO5Si. The summed E-state index contributed by atoms with van der Waals surface area (Å²) >= 11 is 0. The number of fused-ring (bicyclic) bond motifs is 2. The third kappa shape index (κ3) is 4.12. The molecule has 0 amide bonds. The molecule has 0 saturated carbocycles. The van der Waals surface area contributed by atoms with Crippen LogP contribution < -0.4 is 0 Å². The Morgan fingerprint density at radius 3 is 2.56 bits per heavy atom. The number of hydrogen-bond acceptors (Lipinski definition) is 6. The average Bonchev–Trinajstić information content (AvgIpc) is 3.04. The first kappa shape index (κ1) is 19.2. The Labute approximate surface area is 149 Å². The summed E-state index contributed by atoms with van der Waals surface area (Å²) in [4.78, 5) is 22.9. The maximum Gasteiger partial charge on any atom is 0.330 e. The third-order valence-electron chi connectivity index (χ3n) is 4.23. The van der Waals surface area contributed by atoms with Crippen LogP contribution in [0.15, 0.2) is 12.2 Å². The highest BCUT2D eigenvalue weighted by molar-refractivity contribution is 6.83. The zero-order valence-electron chi connectivity index (χ0n) is 15.2. The average molecular weight is 361 g/mol. The van der Waals surface area contributed by atoms with E-state index in [-0.39, 0.29) is 17.9 Å². The van der Waals surface area contributed by atoms with Gasteiger partial charge in [0.25, 0.3) is 0 Å². The van der Waals surface area contributed by atoms with Crippen LogP contribution in [-0.2, 0) is 23.8 Å². The molecular weight excluding hydrogens is 338 g/mol. The van der Waals surface area contributed by atoms with Crippen molar-refractivity contribution in [1.82, 2.24) is 0 Å². The predicted octanol–water partition coefficient (Wildman–Crippen LogP) is 1.83. The Hall–Kier alpha value is -2.09. The van der Waals surface area contributed by atoms with Gasteiger partial charge >= 0.3 is 11.9 Å². The van der Waals surface area contributed by atoms with Crippen molar-refractivity contribution in [3.8, 4) is 17.5 Å². The number of rotatable bonds is 3. The van der Waals surface area contributed by atoms with Crippen LogP contribution in [0.5, 0.6) is 0 Å². The van der Waals surface area contributed by atoms with E-state index < -0.39 is 31.7 Å². The molecule has 0 aromatic rings. The van der Waals surface area contributed by atoms with Crippen molar-refractivity contribution in [3.05, 3.63) is 12.2 Å². The highest BCUT2D eigenvalue weighted by Crippen LogP contribution is 2.50. The Balaban J connectivity index is 2.37. The first-order valence-electron chi connectivity index (χ1n) is 8.17. The molecule has 0 N–H and O–H groups in total. The van der Waals surface area contributed by atoms with Gasteiger partial charge < -0.3 is 14.2 Å². The van der Waals surface area contributed by atoms with E-state index in [0.29, 0.717) is 6.42 Å². The number of esters is 2. The van der Waals surface area contributed by atoms with Crippen molar-refractivity contribution in [3.63, 3.8) is 0 Å². The van der Waals surface area contributed by atoms with Crippen molar-refractivity contribution in [1.29, 1.82) is 5.26 Å². The summed E-state index contributed by atoms with van der Waals surface area (Å²) in [7, 11) is -0.290. The van der Waals surface area contributed by atoms with Crippen LogP contribution in [0.1, 0.15) is 13.3 Å². The van der Waals surface area contributed by atoms with Gasteiger partial charge in [-0.2, -0.15) is 5.26 Å². The van der Waals surface area contributed by atoms with Gasteiger partial charge in [0.1, 0.15) is 20.2 Å². The fourth-order valence-corrected chi connectivity index (χ4v) is 3.87. The summed E-state index contributed by atoms with van der Waals surface area (Å²) in [6.07, 6.45) is 2.32. The highest BCUT2D eigenvalue weighted by atomic mass is 28.3. The molecule has 0 radical (unpaired) electrons. The molecule has 6 nitrogen and oxygen atoms in total. The molecule has 7 heteroatoms. The van der Waals surface area contributed by atoms with Crippen molar-refractivity contribution in [2.45, 2.75) is 50.8 Å². The number of hydrogen-bond donors (Lipinski definition) is 0. The second kappa shape index (κ2) is 7.03.